The molecule has 0 unspecified atom stereocenters. The minimum atomic E-state index is 0.0404. The van der Waals surface area contributed by atoms with Crippen LogP contribution >= 0.6 is 0 Å². The number of amides is 1. The first-order valence-corrected chi connectivity index (χ1v) is 6.69. The molecule has 3 nitrogen and oxygen atoms in total. The first-order chi connectivity index (χ1) is 8.58. The molecule has 2 rings (SSSR count). The molecular formula is C15H22N2O. The first-order valence-electron chi connectivity index (χ1n) is 6.69. The van der Waals surface area contributed by atoms with Crippen LogP contribution in [0.25, 0.3) is 0 Å². The third-order valence-corrected chi connectivity index (χ3v) is 3.85. The molecule has 1 heterocycles. The van der Waals surface area contributed by atoms with Crippen molar-refractivity contribution < 1.29 is 4.79 Å². The van der Waals surface area contributed by atoms with E-state index >= 15 is 0 Å². The molecule has 1 aromatic rings. The predicted octanol–water partition coefficient (Wildman–Crippen LogP) is 2.17. The lowest BCUT2D eigenvalue weighted by Gasteiger charge is -2.30. The van der Waals surface area contributed by atoms with Crippen LogP contribution in [0.1, 0.15) is 41.3 Å². The lowest BCUT2D eigenvalue weighted by Crippen LogP contribution is -2.51. The Morgan fingerprint density at radius 3 is 2.78 bits per heavy atom. The number of nitrogens with one attached hydrogen (secondary N) is 2. The molecule has 2 N–H and O–H groups in total. The lowest BCUT2D eigenvalue weighted by atomic mass is 9.99. The van der Waals surface area contributed by atoms with Crippen LogP contribution in [0.3, 0.4) is 0 Å². The number of carbonyl (C=O) groups is 1. The maximum Gasteiger partial charge on any atom is 0.251 e. The number of hydrogen-bond donors (Lipinski definition) is 2. The van der Waals surface area contributed by atoms with Crippen molar-refractivity contribution in [3.63, 3.8) is 0 Å². The van der Waals surface area contributed by atoms with Crippen LogP contribution in [-0.4, -0.2) is 24.5 Å². The van der Waals surface area contributed by atoms with Gasteiger partial charge in [0.1, 0.15) is 0 Å². The van der Waals surface area contributed by atoms with Crippen molar-refractivity contribution in [3.8, 4) is 0 Å². The van der Waals surface area contributed by atoms with Crippen LogP contribution in [0.4, 0.5) is 0 Å². The minimum Gasteiger partial charge on any atom is -0.348 e. The van der Waals surface area contributed by atoms with E-state index in [0.29, 0.717) is 6.04 Å². The van der Waals surface area contributed by atoms with Gasteiger partial charge in [0.2, 0.25) is 0 Å². The van der Waals surface area contributed by atoms with Crippen LogP contribution in [0.5, 0.6) is 0 Å². The molecule has 0 spiro atoms. The maximum absolute atomic E-state index is 12.2. The van der Waals surface area contributed by atoms with Gasteiger partial charge in [-0.05, 0) is 63.4 Å². The first kappa shape index (κ1) is 13.1. The monoisotopic (exact) mass is 246 g/mol. The van der Waals surface area contributed by atoms with Crippen molar-refractivity contribution in [2.24, 2.45) is 0 Å². The van der Waals surface area contributed by atoms with Crippen molar-refractivity contribution in [2.75, 3.05) is 6.54 Å². The van der Waals surface area contributed by atoms with Crippen LogP contribution < -0.4 is 10.6 Å². The van der Waals surface area contributed by atoms with E-state index in [4.69, 9.17) is 0 Å². The van der Waals surface area contributed by atoms with E-state index in [1.807, 2.05) is 25.1 Å². The summed E-state index contributed by atoms with van der Waals surface area (Å²) in [5.41, 5.74) is 3.15. The Labute approximate surface area is 109 Å². The Hall–Kier alpha value is -1.35. The molecule has 0 aliphatic carbocycles. The fourth-order valence-corrected chi connectivity index (χ4v) is 2.38. The fourth-order valence-electron chi connectivity index (χ4n) is 2.38. The van der Waals surface area contributed by atoms with Crippen molar-refractivity contribution in [2.45, 2.75) is 45.7 Å². The van der Waals surface area contributed by atoms with Crippen LogP contribution in [0, 0.1) is 13.8 Å². The number of hydrogen-bond acceptors (Lipinski definition) is 2. The largest absolute Gasteiger partial charge is 0.348 e. The summed E-state index contributed by atoms with van der Waals surface area (Å²) >= 11 is 0. The van der Waals surface area contributed by atoms with Gasteiger partial charge >= 0.3 is 0 Å². The van der Waals surface area contributed by atoms with Gasteiger partial charge in [-0.15, -0.1) is 0 Å². The zero-order valence-corrected chi connectivity index (χ0v) is 11.4. The topological polar surface area (TPSA) is 41.1 Å². The van der Waals surface area contributed by atoms with E-state index in [0.717, 1.165) is 30.5 Å². The average Bonchev–Trinajstić information content (AvgIpc) is 2.35. The molecule has 0 radical (unpaired) electrons. The second kappa shape index (κ2) is 5.53. The van der Waals surface area contributed by atoms with E-state index in [1.54, 1.807) is 0 Å². The smallest absolute Gasteiger partial charge is 0.251 e. The molecule has 3 heteroatoms. The molecule has 0 saturated carbocycles. The molecule has 98 valence electrons. The number of aryl methyl sites for hydroxylation is 2. The quantitative estimate of drug-likeness (QED) is 0.839. The van der Waals surface area contributed by atoms with Gasteiger partial charge in [0.25, 0.3) is 5.91 Å². The summed E-state index contributed by atoms with van der Waals surface area (Å²) in [7, 11) is 0. The average molecular weight is 246 g/mol. The number of benzene rings is 1. The third-order valence-electron chi connectivity index (χ3n) is 3.85. The summed E-state index contributed by atoms with van der Waals surface area (Å²) in [6, 6.07) is 6.47. The maximum atomic E-state index is 12.2. The number of piperidine rings is 1. The van der Waals surface area contributed by atoms with Crippen molar-refractivity contribution in [3.05, 3.63) is 34.9 Å². The fraction of sp³-hybridized carbons (Fsp3) is 0.533. The van der Waals surface area contributed by atoms with E-state index in [9.17, 15) is 4.79 Å². The molecule has 1 aliphatic rings. The van der Waals surface area contributed by atoms with Gasteiger partial charge < -0.3 is 10.6 Å². The number of carbonyl (C=O) groups excluding carboxylic acids is 1. The number of rotatable bonds is 2. The lowest BCUT2D eigenvalue weighted by molar-refractivity contribution is 0.0920. The highest BCUT2D eigenvalue weighted by Gasteiger charge is 2.22. The van der Waals surface area contributed by atoms with Gasteiger partial charge in [0, 0.05) is 17.6 Å². The van der Waals surface area contributed by atoms with E-state index < -0.39 is 0 Å². The zero-order valence-electron chi connectivity index (χ0n) is 11.4. The summed E-state index contributed by atoms with van der Waals surface area (Å²) in [5.74, 6) is 0.0404. The summed E-state index contributed by atoms with van der Waals surface area (Å²) in [5, 5.41) is 6.52. The summed E-state index contributed by atoms with van der Waals surface area (Å²) in [4.78, 5) is 12.2. The Bertz CT molecular complexity index is 442. The van der Waals surface area contributed by atoms with E-state index in [2.05, 4.69) is 24.5 Å². The van der Waals surface area contributed by atoms with Gasteiger partial charge in [0.15, 0.2) is 0 Å². The summed E-state index contributed by atoms with van der Waals surface area (Å²) in [6.07, 6.45) is 2.19. The van der Waals surface area contributed by atoms with Crippen molar-refractivity contribution in [1.29, 1.82) is 0 Å². The highest BCUT2D eigenvalue weighted by molar-refractivity contribution is 5.94. The molecule has 0 bridgehead atoms. The Balaban J connectivity index is 2.04. The van der Waals surface area contributed by atoms with Gasteiger partial charge in [-0.25, -0.2) is 0 Å². The normalized spacial score (nSPS) is 23.7. The van der Waals surface area contributed by atoms with Gasteiger partial charge in [-0.2, -0.15) is 0 Å². The minimum absolute atomic E-state index is 0.0404. The van der Waals surface area contributed by atoms with Gasteiger partial charge in [0.05, 0.1) is 0 Å². The van der Waals surface area contributed by atoms with Gasteiger partial charge in [-0.3, -0.25) is 4.79 Å². The van der Waals surface area contributed by atoms with Gasteiger partial charge in [-0.1, -0.05) is 6.07 Å². The predicted molar refractivity (Wildman–Crippen MR) is 73.9 cm³/mol. The Kier molecular flexibility index (Phi) is 4.02. The van der Waals surface area contributed by atoms with E-state index in [-0.39, 0.29) is 11.9 Å². The molecule has 2 atom stereocenters. The summed E-state index contributed by atoms with van der Waals surface area (Å²) in [6.45, 7) is 7.28. The Morgan fingerprint density at radius 1 is 1.33 bits per heavy atom. The van der Waals surface area contributed by atoms with Crippen molar-refractivity contribution in [1.82, 2.24) is 10.6 Å². The second-order valence-corrected chi connectivity index (χ2v) is 5.26. The molecule has 1 aromatic carbocycles. The SMILES string of the molecule is Cc1ccc(C(=O)N[C@H]2CCCN[C@H]2C)cc1C. The van der Waals surface area contributed by atoms with Crippen LogP contribution in [0.2, 0.25) is 0 Å². The zero-order chi connectivity index (χ0) is 13.1. The third kappa shape index (κ3) is 2.91. The molecule has 1 fully saturated rings. The second-order valence-electron chi connectivity index (χ2n) is 5.26. The van der Waals surface area contributed by atoms with Crippen molar-refractivity contribution >= 4 is 5.91 Å². The highest BCUT2D eigenvalue weighted by atomic mass is 16.1. The Morgan fingerprint density at radius 2 is 2.11 bits per heavy atom. The summed E-state index contributed by atoms with van der Waals surface area (Å²) < 4.78 is 0. The molecule has 18 heavy (non-hydrogen) atoms. The highest BCUT2D eigenvalue weighted by Crippen LogP contribution is 2.12. The molecule has 0 aromatic heterocycles. The molecular weight excluding hydrogens is 224 g/mol. The van der Waals surface area contributed by atoms with Crippen LogP contribution in [-0.2, 0) is 0 Å². The standard InChI is InChI=1S/C15H22N2O/c1-10-6-7-13(9-11(10)2)15(18)17-14-5-4-8-16-12(14)3/h6-7,9,12,14,16H,4-5,8H2,1-3H3,(H,17,18)/t12-,14-/m0/s1. The molecule has 1 aliphatic heterocycles. The van der Waals surface area contributed by atoms with Crippen LogP contribution in [0.15, 0.2) is 18.2 Å². The molecule has 1 amide bonds. The molecule has 1 saturated heterocycles. The van der Waals surface area contributed by atoms with E-state index in [1.165, 1.54) is 5.56 Å².